The zero-order chi connectivity index (χ0) is 20.8. The van der Waals surface area contributed by atoms with Crippen molar-refractivity contribution in [1.82, 2.24) is 14.8 Å². The van der Waals surface area contributed by atoms with Crippen LogP contribution in [0.1, 0.15) is 13.8 Å². The average Bonchev–Trinajstić information content (AvgIpc) is 3.09. The van der Waals surface area contributed by atoms with E-state index in [1.807, 2.05) is 60.0 Å². The Morgan fingerprint density at radius 3 is 2.48 bits per heavy atom. The van der Waals surface area contributed by atoms with Crippen molar-refractivity contribution in [2.45, 2.75) is 25.5 Å². The first-order valence-electron chi connectivity index (χ1n) is 8.95. The fourth-order valence-electron chi connectivity index (χ4n) is 2.69. The van der Waals surface area contributed by atoms with E-state index in [1.54, 1.807) is 0 Å². The maximum atomic E-state index is 12.3. The van der Waals surface area contributed by atoms with Crippen LogP contribution in [-0.2, 0) is 16.1 Å². The van der Waals surface area contributed by atoms with Gasteiger partial charge in [0.1, 0.15) is 0 Å². The Hall–Kier alpha value is -2.65. The molecule has 3 aromatic rings. The smallest absolute Gasteiger partial charge is 0.234 e. The molecule has 29 heavy (non-hydrogen) atoms. The second kappa shape index (κ2) is 9.71. The standard InChI is InChI=1S/C20H20BrN5O2S/c1-3-26-19(14-7-9-16(10-8-14)22-13(2)27)24-25-20(26)29-12-18(28)23-17-6-4-5-15(21)11-17/h4-11H,3,12H2,1-2H3,(H,22,27)(H,23,28). The van der Waals surface area contributed by atoms with Crippen LogP contribution in [0, 0.1) is 0 Å². The van der Waals surface area contributed by atoms with Crippen LogP contribution in [0.2, 0.25) is 0 Å². The molecule has 0 fully saturated rings. The number of anilines is 2. The summed E-state index contributed by atoms with van der Waals surface area (Å²) >= 11 is 4.73. The van der Waals surface area contributed by atoms with Crippen LogP contribution in [0.25, 0.3) is 11.4 Å². The molecule has 0 saturated heterocycles. The van der Waals surface area contributed by atoms with Crippen molar-refractivity contribution in [3.05, 3.63) is 53.0 Å². The number of nitrogens with zero attached hydrogens (tertiary/aromatic N) is 3. The first-order valence-corrected chi connectivity index (χ1v) is 10.7. The maximum absolute atomic E-state index is 12.3. The number of hydrogen-bond acceptors (Lipinski definition) is 5. The summed E-state index contributed by atoms with van der Waals surface area (Å²) in [5.41, 5.74) is 2.35. The SMILES string of the molecule is CCn1c(SCC(=O)Nc2cccc(Br)c2)nnc1-c1ccc(NC(C)=O)cc1. The predicted molar refractivity (Wildman–Crippen MR) is 119 cm³/mol. The van der Waals surface area contributed by atoms with E-state index in [4.69, 9.17) is 0 Å². The molecule has 150 valence electrons. The fourth-order valence-corrected chi connectivity index (χ4v) is 3.89. The molecule has 1 heterocycles. The van der Waals surface area contributed by atoms with E-state index < -0.39 is 0 Å². The molecule has 9 heteroatoms. The summed E-state index contributed by atoms with van der Waals surface area (Å²) in [7, 11) is 0. The Balaban J connectivity index is 1.67. The van der Waals surface area contributed by atoms with Gasteiger partial charge in [0, 0.05) is 34.9 Å². The Kier molecular flexibility index (Phi) is 7.05. The summed E-state index contributed by atoms with van der Waals surface area (Å²) in [6.45, 7) is 4.15. The molecule has 0 spiro atoms. The Bertz CT molecular complexity index is 1020. The van der Waals surface area contributed by atoms with Crippen molar-refractivity contribution < 1.29 is 9.59 Å². The van der Waals surface area contributed by atoms with Crippen LogP contribution < -0.4 is 10.6 Å². The Morgan fingerprint density at radius 1 is 1.07 bits per heavy atom. The largest absolute Gasteiger partial charge is 0.326 e. The molecule has 0 aliphatic carbocycles. The summed E-state index contributed by atoms with van der Waals surface area (Å²) in [5.74, 6) is 0.720. The van der Waals surface area contributed by atoms with Gasteiger partial charge in [0.05, 0.1) is 5.75 Å². The molecule has 2 N–H and O–H groups in total. The third kappa shape index (κ3) is 5.68. The van der Waals surface area contributed by atoms with Crippen molar-refractivity contribution in [1.29, 1.82) is 0 Å². The lowest BCUT2D eigenvalue weighted by Crippen LogP contribution is -2.14. The van der Waals surface area contributed by atoms with Gasteiger partial charge < -0.3 is 15.2 Å². The highest BCUT2D eigenvalue weighted by molar-refractivity contribution is 9.10. The normalized spacial score (nSPS) is 10.6. The number of hydrogen-bond donors (Lipinski definition) is 2. The number of rotatable bonds is 7. The number of thioether (sulfide) groups is 1. The molecule has 7 nitrogen and oxygen atoms in total. The first kappa shape index (κ1) is 21.1. The number of halogens is 1. The van der Waals surface area contributed by atoms with Gasteiger partial charge in [-0.05, 0) is 49.4 Å². The fraction of sp³-hybridized carbons (Fsp3) is 0.200. The van der Waals surface area contributed by atoms with Gasteiger partial charge in [0.2, 0.25) is 11.8 Å². The predicted octanol–water partition coefficient (Wildman–Crippen LogP) is 4.42. The quantitative estimate of drug-likeness (QED) is 0.495. The minimum atomic E-state index is -0.116. The number of carbonyl (C=O) groups is 2. The lowest BCUT2D eigenvalue weighted by molar-refractivity contribution is -0.114. The number of benzene rings is 2. The molecule has 3 rings (SSSR count). The molecule has 0 radical (unpaired) electrons. The second-order valence-electron chi connectivity index (χ2n) is 6.16. The highest BCUT2D eigenvalue weighted by Crippen LogP contribution is 2.25. The van der Waals surface area contributed by atoms with Crippen molar-refractivity contribution in [3.63, 3.8) is 0 Å². The van der Waals surface area contributed by atoms with Crippen LogP contribution in [0.4, 0.5) is 11.4 Å². The highest BCUT2D eigenvalue weighted by Gasteiger charge is 2.15. The summed E-state index contributed by atoms with van der Waals surface area (Å²) in [4.78, 5) is 23.4. The van der Waals surface area contributed by atoms with E-state index in [0.29, 0.717) is 11.7 Å². The van der Waals surface area contributed by atoms with Gasteiger partial charge >= 0.3 is 0 Å². The monoisotopic (exact) mass is 473 g/mol. The molecule has 0 aliphatic heterocycles. The van der Waals surface area contributed by atoms with Gasteiger partial charge in [-0.25, -0.2) is 0 Å². The van der Waals surface area contributed by atoms with E-state index in [9.17, 15) is 9.59 Å². The lowest BCUT2D eigenvalue weighted by atomic mass is 10.2. The number of aromatic nitrogens is 3. The van der Waals surface area contributed by atoms with E-state index in [1.165, 1.54) is 18.7 Å². The first-order chi connectivity index (χ1) is 14.0. The molecular weight excluding hydrogens is 454 g/mol. The van der Waals surface area contributed by atoms with Crippen LogP contribution in [0.5, 0.6) is 0 Å². The minimum absolute atomic E-state index is 0.111. The molecule has 0 unspecified atom stereocenters. The molecule has 1 aromatic heterocycles. The number of amides is 2. The molecule has 2 aromatic carbocycles. The summed E-state index contributed by atoms with van der Waals surface area (Å²) in [6, 6.07) is 14.9. The van der Waals surface area contributed by atoms with Gasteiger partial charge in [0.15, 0.2) is 11.0 Å². The molecule has 2 amide bonds. The lowest BCUT2D eigenvalue weighted by Gasteiger charge is -2.09. The summed E-state index contributed by atoms with van der Waals surface area (Å²) in [6.07, 6.45) is 0. The van der Waals surface area contributed by atoms with Crippen molar-refractivity contribution in [3.8, 4) is 11.4 Å². The highest BCUT2D eigenvalue weighted by atomic mass is 79.9. The summed E-state index contributed by atoms with van der Waals surface area (Å²) < 4.78 is 2.87. The van der Waals surface area contributed by atoms with E-state index in [-0.39, 0.29) is 17.6 Å². The molecule has 0 saturated carbocycles. The van der Waals surface area contributed by atoms with Crippen molar-refractivity contribution >= 4 is 50.9 Å². The van der Waals surface area contributed by atoms with E-state index >= 15 is 0 Å². The second-order valence-corrected chi connectivity index (χ2v) is 8.01. The van der Waals surface area contributed by atoms with E-state index in [0.717, 1.165) is 27.2 Å². The van der Waals surface area contributed by atoms with Crippen molar-refractivity contribution in [2.24, 2.45) is 0 Å². The van der Waals surface area contributed by atoms with Gasteiger partial charge in [-0.1, -0.05) is 33.8 Å². The summed E-state index contributed by atoms with van der Waals surface area (Å²) in [5, 5.41) is 14.8. The van der Waals surface area contributed by atoms with Gasteiger partial charge in [-0.15, -0.1) is 10.2 Å². The van der Waals surface area contributed by atoms with Gasteiger partial charge in [-0.2, -0.15) is 0 Å². The molecule has 0 aliphatic rings. The molecular formula is C20H20BrN5O2S. The maximum Gasteiger partial charge on any atom is 0.234 e. The number of nitrogens with one attached hydrogen (secondary N) is 2. The Labute approximate surface area is 181 Å². The van der Waals surface area contributed by atoms with Crippen LogP contribution in [-0.4, -0.2) is 32.3 Å². The van der Waals surface area contributed by atoms with Crippen LogP contribution in [0.15, 0.2) is 58.2 Å². The van der Waals surface area contributed by atoms with Crippen LogP contribution >= 0.6 is 27.7 Å². The van der Waals surface area contributed by atoms with Crippen molar-refractivity contribution in [2.75, 3.05) is 16.4 Å². The third-order valence-electron chi connectivity index (χ3n) is 3.94. The minimum Gasteiger partial charge on any atom is -0.326 e. The van der Waals surface area contributed by atoms with Crippen LogP contribution in [0.3, 0.4) is 0 Å². The van der Waals surface area contributed by atoms with Gasteiger partial charge in [-0.3, -0.25) is 9.59 Å². The third-order valence-corrected chi connectivity index (χ3v) is 5.40. The van der Waals surface area contributed by atoms with Gasteiger partial charge in [0.25, 0.3) is 0 Å². The average molecular weight is 474 g/mol. The topological polar surface area (TPSA) is 88.9 Å². The zero-order valence-electron chi connectivity index (χ0n) is 16.0. The van der Waals surface area contributed by atoms with E-state index in [2.05, 4.69) is 36.8 Å². The zero-order valence-corrected chi connectivity index (χ0v) is 18.4. The molecule has 0 atom stereocenters. The number of carbonyl (C=O) groups excluding carboxylic acids is 2. The molecule has 0 bridgehead atoms. The Morgan fingerprint density at radius 2 is 1.83 bits per heavy atom.